The molecule has 0 saturated carbocycles. The fourth-order valence-corrected chi connectivity index (χ4v) is 2.61. The summed E-state index contributed by atoms with van der Waals surface area (Å²) >= 11 is 0. The van der Waals surface area contributed by atoms with Crippen LogP contribution in [0, 0.1) is 5.41 Å². The highest BCUT2D eigenvalue weighted by atomic mass is 16.5. The minimum Gasteiger partial charge on any atom is -0.493 e. The summed E-state index contributed by atoms with van der Waals surface area (Å²) in [6.07, 6.45) is 3.29. The molecule has 3 rings (SSSR count). The fraction of sp³-hybridized carbons (Fsp3) is 0.429. The average molecular weight is 258 g/mol. The number of hydrogen-bond acceptors (Lipinski definition) is 4. The molecule has 1 atom stereocenters. The zero-order valence-electron chi connectivity index (χ0n) is 11.0. The van der Waals surface area contributed by atoms with E-state index in [1.807, 2.05) is 25.2 Å². The van der Waals surface area contributed by atoms with Crippen LogP contribution in [0.1, 0.15) is 11.4 Å². The second kappa shape index (κ2) is 4.66. The molecule has 0 amide bonds. The van der Waals surface area contributed by atoms with Crippen LogP contribution < -0.4 is 10.5 Å². The van der Waals surface area contributed by atoms with Crippen LogP contribution in [0.3, 0.4) is 0 Å². The summed E-state index contributed by atoms with van der Waals surface area (Å²) in [5.41, 5.74) is 7.16. The first-order chi connectivity index (χ1) is 9.22. The average Bonchev–Trinajstić information content (AvgIpc) is 2.84. The molecule has 2 N–H and O–H groups in total. The Balaban J connectivity index is 1.88. The van der Waals surface area contributed by atoms with Gasteiger partial charge in [-0.25, -0.2) is 4.98 Å². The molecule has 0 fully saturated rings. The van der Waals surface area contributed by atoms with Crippen LogP contribution in [0.5, 0.6) is 5.75 Å². The van der Waals surface area contributed by atoms with Gasteiger partial charge in [-0.3, -0.25) is 4.68 Å². The molecule has 19 heavy (non-hydrogen) atoms. The van der Waals surface area contributed by atoms with Gasteiger partial charge in [0, 0.05) is 25.4 Å². The maximum Gasteiger partial charge on any atom is 0.138 e. The van der Waals surface area contributed by atoms with Gasteiger partial charge in [-0.15, -0.1) is 0 Å². The van der Waals surface area contributed by atoms with Crippen molar-refractivity contribution in [3.8, 4) is 5.75 Å². The molecule has 100 valence electrons. The van der Waals surface area contributed by atoms with E-state index in [0.717, 1.165) is 24.4 Å². The smallest absolute Gasteiger partial charge is 0.138 e. The first kappa shape index (κ1) is 12.2. The zero-order chi connectivity index (χ0) is 13.3. The Morgan fingerprint density at radius 3 is 3.00 bits per heavy atom. The quantitative estimate of drug-likeness (QED) is 0.889. The molecule has 0 radical (unpaired) electrons. The minimum absolute atomic E-state index is 0.0881. The maximum absolute atomic E-state index is 6.02. The molecule has 1 aliphatic rings. The highest BCUT2D eigenvalue weighted by molar-refractivity contribution is 5.36. The SMILES string of the molecule is Cn1ncnc1CC1(CN)COc2ccccc2C1. The van der Waals surface area contributed by atoms with E-state index in [9.17, 15) is 0 Å². The van der Waals surface area contributed by atoms with Crippen molar-refractivity contribution in [2.75, 3.05) is 13.2 Å². The molecule has 0 aliphatic carbocycles. The van der Waals surface area contributed by atoms with Gasteiger partial charge in [-0.1, -0.05) is 18.2 Å². The Morgan fingerprint density at radius 1 is 1.42 bits per heavy atom. The molecule has 0 bridgehead atoms. The molecule has 0 spiro atoms. The van der Waals surface area contributed by atoms with E-state index in [1.54, 1.807) is 11.0 Å². The Hall–Kier alpha value is -1.88. The lowest BCUT2D eigenvalue weighted by Gasteiger charge is -2.36. The Bertz CT molecular complexity index is 580. The van der Waals surface area contributed by atoms with Gasteiger partial charge in [-0.2, -0.15) is 5.10 Å². The van der Waals surface area contributed by atoms with Gasteiger partial charge in [0.05, 0.1) is 6.61 Å². The van der Waals surface area contributed by atoms with Crippen LogP contribution >= 0.6 is 0 Å². The predicted octanol–water partition coefficient (Wildman–Crippen LogP) is 0.938. The molecule has 5 nitrogen and oxygen atoms in total. The molecule has 2 aromatic rings. The van der Waals surface area contributed by atoms with E-state index >= 15 is 0 Å². The number of aromatic nitrogens is 3. The van der Waals surface area contributed by atoms with Crippen LogP contribution in [0.2, 0.25) is 0 Å². The van der Waals surface area contributed by atoms with E-state index in [2.05, 4.69) is 16.1 Å². The second-order valence-electron chi connectivity index (χ2n) is 5.25. The monoisotopic (exact) mass is 258 g/mol. The van der Waals surface area contributed by atoms with Crippen molar-refractivity contribution in [3.63, 3.8) is 0 Å². The first-order valence-electron chi connectivity index (χ1n) is 6.46. The molecular weight excluding hydrogens is 240 g/mol. The van der Waals surface area contributed by atoms with Crippen molar-refractivity contribution >= 4 is 0 Å². The van der Waals surface area contributed by atoms with Gasteiger partial charge < -0.3 is 10.5 Å². The summed E-state index contributed by atoms with van der Waals surface area (Å²) < 4.78 is 7.69. The summed E-state index contributed by atoms with van der Waals surface area (Å²) in [7, 11) is 1.91. The van der Waals surface area contributed by atoms with E-state index < -0.39 is 0 Å². The van der Waals surface area contributed by atoms with Crippen LogP contribution in [0.25, 0.3) is 0 Å². The van der Waals surface area contributed by atoms with E-state index in [4.69, 9.17) is 10.5 Å². The molecule has 1 aliphatic heterocycles. The zero-order valence-corrected chi connectivity index (χ0v) is 11.0. The summed E-state index contributed by atoms with van der Waals surface area (Å²) in [6.45, 7) is 1.21. The number of hydrogen-bond donors (Lipinski definition) is 1. The van der Waals surface area contributed by atoms with Crippen molar-refractivity contribution in [2.24, 2.45) is 18.2 Å². The summed E-state index contributed by atoms with van der Waals surface area (Å²) in [5, 5.41) is 4.12. The Kier molecular flexibility index (Phi) is 2.98. The van der Waals surface area contributed by atoms with Crippen LogP contribution in [-0.2, 0) is 19.9 Å². The van der Waals surface area contributed by atoms with Crippen molar-refractivity contribution in [3.05, 3.63) is 42.0 Å². The fourth-order valence-electron chi connectivity index (χ4n) is 2.61. The highest BCUT2D eigenvalue weighted by Gasteiger charge is 2.36. The number of nitrogens with zero attached hydrogens (tertiary/aromatic N) is 3. The third-order valence-corrected chi connectivity index (χ3v) is 3.84. The number of fused-ring (bicyclic) bond motifs is 1. The summed E-state index contributed by atoms with van der Waals surface area (Å²) in [6, 6.07) is 8.15. The van der Waals surface area contributed by atoms with Crippen molar-refractivity contribution in [1.29, 1.82) is 0 Å². The number of aryl methyl sites for hydroxylation is 1. The van der Waals surface area contributed by atoms with Gasteiger partial charge in [0.25, 0.3) is 0 Å². The van der Waals surface area contributed by atoms with Gasteiger partial charge in [0.1, 0.15) is 17.9 Å². The number of ether oxygens (including phenoxy) is 1. The third-order valence-electron chi connectivity index (χ3n) is 3.84. The van der Waals surface area contributed by atoms with Crippen LogP contribution in [0.4, 0.5) is 0 Å². The lowest BCUT2D eigenvalue weighted by atomic mass is 9.77. The Labute approximate surface area is 112 Å². The Morgan fingerprint density at radius 2 is 2.26 bits per heavy atom. The third kappa shape index (κ3) is 2.21. The van der Waals surface area contributed by atoms with Gasteiger partial charge in [0.15, 0.2) is 0 Å². The van der Waals surface area contributed by atoms with Gasteiger partial charge in [0.2, 0.25) is 0 Å². The van der Waals surface area contributed by atoms with Gasteiger partial charge in [-0.05, 0) is 18.1 Å². The predicted molar refractivity (Wildman–Crippen MR) is 71.8 cm³/mol. The minimum atomic E-state index is -0.0881. The van der Waals surface area contributed by atoms with E-state index in [0.29, 0.717) is 13.2 Å². The van der Waals surface area contributed by atoms with Crippen LogP contribution in [-0.4, -0.2) is 27.9 Å². The molecule has 2 heterocycles. The largest absolute Gasteiger partial charge is 0.493 e. The second-order valence-corrected chi connectivity index (χ2v) is 5.25. The summed E-state index contributed by atoms with van der Waals surface area (Å²) in [5.74, 6) is 1.93. The lowest BCUT2D eigenvalue weighted by molar-refractivity contribution is 0.123. The highest BCUT2D eigenvalue weighted by Crippen LogP contribution is 2.35. The van der Waals surface area contributed by atoms with Crippen molar-refractivity contribution < 1.29 is 4.74 Å². The molecule has 1 unspecified atom stereocenters. The molecule has 1 aromatic heterocycles. The summed E-state index contributed by atoms with van der Waals surface area (Å²) in [4.78, 5) is 4.30. The topological polar surface area (TPSA) is 66.0 Å². The normalized spacial score (nSPS) is 21.8. The molecule has 1 aromatic carbocycles. The molecular formula is C14H18N4O. The first-order valence-corrected chi connectivity index (χ1v) is 6.46. The van der Waals surface area contributed by atoms with Gasteiger partial charge >= 0.3 is 0 Å². The van der Waals surface area contributed by atoms with Crippen molar-refractivity contribution in [2.45, 2.75) is 12.8 Å². The standard InChI is InChI=1S/C14H18N4O/c1-18-13(16-10-17-18)7-14(8-15)6-11-4-2-3-5-12(11)19-9-14/h2-5,10H,6-9,15H2,1H3. The van der Waals surface area contributed by atoms with E-state index in [-0.39, 0.29) is 5.41 Å². The number of benzene rings is 1. The van der Waals surface area contributed by atoms with Crippen LogP contribution in [0.15, 0.2) is 30.6 Å². The van der Waals surface area contributed by atoms with E-state index in [1.165, 1.54) is 5.56 Å². The molecule has 5 heteroatoms. The lowest BCUT2D eigenvalue weighted by Crippen LogP contribution is -2.43. The number of para-hydroxylation sites is 1. The maximum atomic E-state index is 6.02. The van der Waals surface area contributed by atoms with Crippen molar-refractivity contribution in [1.82, 2.24) is 14.8 Å². The molecule has 0 saturated heterocycles. The number of rotatable bonds is 3. The number of nitrogens with two attached hydrogens (primary N) is 1.